The number of allylic oxidation sites excluding steroid dienone is 1. The average Bonchev–Trinajstić information content (AvgIpc) is 2.86. The van der Waals surface area contributed by atoms with Crippen LogP contribution in [-0.4, -0.2) is 39.3 Å². The number of ketones is 1. The second-order valence-corrected chi connectivity index (χ2v) is 6.80. The van der Waals surface area contributed by atoms with Crippen molar-refractivity contribution in [3.05, 3.63) is 98.2 Å². The summed E-state index contributed by atoms with van der Waals surface area (Å²) in [5.41, 5.74) is 1.02. The van der Waals surface area contributed by atoms with Crippen molar-refractivity contribution in [3.63, 3.8) is 0 Å². The summed E-state index contributed by atoms with van der Waals surface area (Å²) in [4.78, 5) is 13.3. The Hall–Kier alpha value is -4.19. The molecular weight excluding hydrogens is 432 g/mol. The molecule has 0 amide bonds. The van der Waals surface area contributed by atoms with Gasteiger partial charge in [0.25, 0.3) is 0 Å². The van der Waals surface area contributed by atoms with Gasteiger partial charge in [0.2, 0.25) is 0 Å². The fourth-order valence-electron chi connectivity index (χ4n) is 2.89. The molecule has 0 saturated heterocycles. The van der Waals surface area contributed by atoms with Crippen molar-refractivity contribution in [2.45, 2.75) is 0 Å². The number of carbonyl (C=O) groups is 1. The van der Waals surface area contributed by atoms with E-state index >= 15 is 0 Å². The van der Waals surface area contributed by atoms with Crippen molar-refractivity contribution in [3.8, 4) is 28.7 Å². The zero-order chi connectivity index (χ0) is 24.8. The number of methoxy groups -OCH3 is 1. The van der Waals surface area contributed by atoms with Crippen LogP contribution in [0.25, 0.3) is 6.08 Å². The van der Waals surface area contributed by atoms with Crippen LogP contribution in [-0.2, 0) is 0 Å². The van der Waals surface area contributed by atoms with Gasteiger partial charge in [-0.2, -0.15) is 0 Å². The van der Waals surface area contributed by atoms with Crippen LogP contribution in [0.1, 0.15) is 15.9 Å². The average molecular weight is 463 g/mol. The molecule has 2 aromatic rings. The molecule has 0 bridgehead atoms. The second-order valence-electron chi connectivity index (χ2n) is 6.80. The van der Waals surface area contributed by atoms with Crippen molar-refractivity contribution >= 4 is 11.9 Å². The van der Waals surface area contributed by atoms with Gasteiger partial charge in [0.15, 0.2) is 17.3 Å². The summed E-state index contributed by atoms with van der Waals surface area (Å²) < 4.78 is 28.1. The molecular formula is C28H30O6. The van der Waals surface area contributed by atoms with Crippen LogP contribution in [0.2, 0.25) is 0 Å². The van der Waals surface area contributed by atoms with Gasteiger partial charge >= 0.3 is 0 Å². The van der Waals surface area contributed by atoms with E-state index in [1.807, 2.05) is 6.07 Å². The largest absolute Gasteiger partial charge is 0.493 e. The highest BCUT2D eigenvalue weighted by molar-refractivity contribution is 6.10. The van der Waals surface area contributed by atoms with Gasteiger partial charge in [-0.1, -0.05) is 62.8 Å². The summed E-state index contributed by atoms with van der Waals surface area (Å²) in [6.45, 7) is 15.7. The van der Waals surface area contributed by atoms with Crippen LogP contribution in [0.4, 0.5) is 0 Å². The Morgan fingerprint density at radius 1 is 0.735 bits per heavy atom. The van der Waals surface area contributed by atoms with Gasteiger partial charge in [0.1, 0.15) is 49.2 Å². The van der Waals surface area contributed by atoms with Crippen molar-refractivity contribution in [2.24, 2.45) is 0 Å². The number of hydrogen-bond donors (Lipinski definition) is 0. The number of ether oxygens (including phenoxy) is 5. The summed E-state index contributed by atoms with van der Waals surface area (Å²) in [5.74, 6) is 1.95. The minimum atomic E-state index is -0.308. The van der Waals surface area contributed by atoms with Crippen LogP contribution in [0.5, 0.6) is 28.7 Å². The van der Waals surface area contributed by atoms with Crippen LogP contribution < -0.4 is 23.7 Å². The van der Waals surface area contributed by atoms with Gasteiger partial charge in [0.05, 0.1) is 7.11 Å². The summed E-state index contributed by atoms with van der Waals surface area (Å²) in [6, 6.07) is 8.65. The molecule has 0 unspecified atom stereocenters. The van der Waals surface area contributed by atoms with E-state index in [9.17, 15) is 4.79 Å². The van der Waals surface area contributed by atoms with Gasteiger partial charge < -0.3 is 23.7 Å². The molecule has 0 radical (unpaired) electrons. The van der Waals surface area contributed by atoms with E-state index in [0.717, 1.165) is 5.56 Å². The number of carbonyl (C=O) groups excluding carboxylic acids is 1. The Morgan fingerprint density at radius 3 is 1.79 bits per heavy atom. The number of benzene rings is 2. The quantitative estimate of drug-likeness (QED) is 0.177. The van der Waals surface area contributed by atoms with Crippen LogP contribution in [0.3, 0.4) is 0 Å². The Morgan fingerprint density at radius 2 is 1.26 bits per heavy atom. The van der Waals surface area contributed by atoms with E-state index < -0.39 is 0 Å². The van der Waals surface area contributed by atoms with Crippen molar-refractivity contribution in [1.29, 1.82) is 0 Å². The maximum atomic E-state index is 13.3. The minimum absolute atomic E-state index is 0.207. The second kappa shape index (κ2) is 14.1. The Kier molecular flexibility index (Phi) is 10.8. The Balaban J connectivity index is 2.44. The first kappa shape index (κ1) is 26.1. The number of hydrogen-bond acceptors (Lipinski definition) is 6. The zero-order valence-electron chi connectivity index (χ0n) is 19.5. The predicted molar refractivity (Wildman–Crippen MR) is 136 cm³/mol. The molecule has 0 N–H and O–H groups in total. The van der Waals surface area contributed by atoms with Gasteiger partial charge in [0, 0.05) is 12.1 Å². The lowest BCUT2D eigenvalue weighted by Crippen LogP contribution is -2.08. The fraction of sp³-hybridized carbons (Fsp3) is 0.179. The molecule has 6 heteroatoms. The van der Waals surface area contributed by atoms with E-state index in [1.54, 1.807) is 61.8 Å². The highest BCUT2D eigenvalue weighted by Crippen LogP contribution is 2.36. The zero-order valence-corrected chi connectivity index (χ0v) is 19.5. The van der Waals surface area contributed by atoms with Crippen LogP contribution in [0, 0.1) is 0 Å². The topological polar surface area (TPSA) is 63.2 Å². The maximum Gasteiger partial charge on any atom is 0.193 e. The van der Waals surface area contributed by atoms with Gasteiger partial charge in [-0.15, -0.1) is 0 Å². The third kappa shape index (κ3) is 7.45. The Labute approximate surface area is 201 Å². The molecule has 0 aliphatic carbocycles. The van der Waals surface area contributed by atoms with E-state index in [4.69, 9.17) is 23.7 Å². The standard InChI is InChI=1S/C28H30O6/c1-6-14-31-22-19-26(33-16-8-3)28(27(20-22)34-17-9-4)23(29)12-10-21-11-13-24(30-5)25(18-21)32-15-7-2/h6-13,18-20H,1-4,14-17H2,5H3/b12-10+. The molecule has 2 aromatic carbocycles. The van der Waals surface area contributed by atoms with Crippen LogP contribution in [0.15, 0.2) is 87.0 Å². The maximum absolute atomic E-state index is 13.3. The van der Waals surface area contributed by atoms with E-state index in [2.05, 4.69) is 26.3 Å². The SMILES string of the molecule is C=CCOc1cc(OCC=C)c(C(=O)/C=C/c2ccc(OC)c(OCC=C)c2)c(OCC=C)c1. The van der Waals surface area contributed by atoms with E-state index in [1.165, 1.54) is 6.08 Å². The first-order chi connectivity index (χ1) is 16.6. The molecule has 0 heterocycles. The third-order valence-corrected chi connectivity index (χ3v) is 4.34. The Bertz CT molecular complexity index is 1020. The predicted octanol–water partition coefficient (Wildman–Crippen LogP) is 5.85. The van der Waals surface area contributed by atoms with Crippen molar-refractivity contribution < 1.29 is 28.5 Å². The lowest BCUT2D eigenvalue weighted by atomic mass is 10.1. The third-order valence-electron chi connectivity index (χ3n) is 4.34. The molecule has 0 saturated carbocycles. The highest BCUT2D eigenvalue weighted by atomic mass is 16.5. The normalized spacial score (nSPS) is 10.3. The molecule has 0 aliphatic heterocycles. The lowest BCUT2D eigenvalue weighted by Gasteiger charge is -2.16. The molecule has 2 rings (SSSR count). The smallest absolute Gasteiger partial charge is 0.193 e. The van der Waals surface area contributed by atoms with E-state index in [0.29, 0.717) is 42.0 Å². The van der Waals surface area contributed by atoms with Crippen LogP contribution >= 0.6 is 0 Å². The number of rotatable bonds is 16. The molecule has 0 aromatic heterocycles. The monoisotopic (exact) mass is 462 g/mol. The first-order valence-corrected chi connectivity index (χ1v) is 10.6. The minimum Gasteiger partial charge on any atom is -0.493 e. The molecule has 0 fully saturated rings. The fourth-order valence-corrected chi connectivity index (χ4v) is 2.89. The lowest BCUT2D eigenvalue weighted by molar-refractivity contribution is 0.104. The molecule has 0 atom stereocenters. The summed E-state index contributed by atoms with van der Waals surface area (Å²) in [7, 11) is 1.56. The summed E-state index contributed by atoms with van der Waals surface area (Å²) in [5, 5.41) is 0. The van der Waals surface area contributed by atoms with Crippen molar-refractivity contribution in [1.82, 2.24) is 0 Å². The summed E-state index contributed by atoms with van der Waals surface area (Å²) in [6.07, 6.45) is 9.57. The summed E-state index contributed by atoms with van der Waals surface area (Å²) >= 11 is 0. The molecule has 34 heavy (non-hydrogen) atoms. The van der Waals surface area contributed by atoms with Crippen molar-refractivity contribution in [2.75, 3.05) is 33.5 Å². The molecule has 6 nitrogen and oxygen atoms in total. The molecule has 0 aliphatic rings. The van der Waals surface area contributed by atoms with Gasteiger partial charge in [-0.3, -0.25) is 4.79 Å². The van der Waals surface area contributed by atoms with Gasteiger partial charge in [-0.05, 0) is 23.8 Å². The first-order valence-electron chi connectivity index (χ1n) is 10.6. The van der Waals surface area contributed by atoms with E-state index in [-0.39, 0.29) is 24.6 Å². The molecule has 0 spiro atoms. The highest BCUT2D eigenvalue weighted by Gasteiger charge is 2.20. The van der Waals surface area contributed by atoms with Gasteiger partial charge in [-0.25, -0.2) is 0 Å². The molecule has 178 valence electrons.